The zero-order valence-electron chi connectivity index (χ0n) is 32.3. The van der Waals surface area contributed by atoms with Crippen molar-refractivity contribution >= 4 is 60.7 Å². The van der Waals surface area contributed by atoms with Crippen molar-refractivity contribution in [2.75, 3.05) is 23.0 Å². The third-order valence-electron chi connectivity index (χ3n) is 10.4. The van der Waals surface area contributed by atoms with Gasteiger partial charge in [-0.05, 0) is 74.9 Å². The Hall–Kier alpha value is -4.72. The maximum atomic E-state index is 15.1. The van der Waals surface area contributed by atoms with Crippen molar-refractivity contribution in [2.24, 2.45) is 0 Å². The number of nitrogens with zero attached hydrogens (tertiary/aromatic N) is 3. The lowest BCUT2D eigenvalue weighted by atomic mass is 9.75. The molecule has 1 fully saturated rings. The minimum atomic E-state index is -4.96. The fourth-order valence-electron chi connectivity index (χ4n) is 7.68. The molecule has 1 atom stereocenters. The standard InChI is InChI=1S/C40H45F4N3O10S2/c1-39(21-6-2-3-16-37(50)57-47-35(48)19-20-36(47)49)34(46(23-8-10-25-59(54,55)56)33-27-29(41)26-31(38(33)39)40(42,43)44)15-11-13-30-18-17-28-12-4-5-14-32(28)45(30)22-7-9-24-58(51,52)53/h4-5,11-15,17-18,26-27H,2-3,6-10,16,19-25H2,1H3,(H-,51,52,53,54,55,56)/p+1. The number of para-hydroxylation sites is 1. The number of anilines is 1. The number of allylic oxidation sites excluding steroid dienone is 3. The Balaban J connectivity index is 1.50. The normalized spacial score (nSPS) is 18.2. The second-order valence-electron chi connectivity index (χ2n) is 14.8. The number of hydroxylamine groups is 2. The molecule has 2 amide bonds. The van der Waals surface area contributed by atoms with Gasteiger partial charge in [0.15, 0.2) is 0 Å². The molecule has 0 aliphatic carbocycles. The Bertz CT molecular complexity index is 2350. The molecule has 0 saturated carbocycles. The average molecular weight is 869 g/mol. The van der Waals surface area contributed by atoms with Crippen LogP contribution in [0.4, 0.5) is 23.2 Å². The van der Waals surface area contributed by atoms with Crippen LogP contribution >= 0.6 is 0 Å². The van der Waals surface area contributed by atoms with Gasteiger partial charge in [-0.25, -0.2) is 9.18 Å². The van der Waals surface area contributed by atoms with Gasteiger partial charge in [-0.2, -0.15) is 34.6 Å². The fraction of sp³-hybridized carbons (Fsp3) is 0.450. The number of carbonyl (C=O) groups is 3. The molecule has 2 aliphatic heterocycles. The second-order valence-corrected chi connectivity index (χ2v) is 17.9. The molecular formula is C40H46F4N3O10S2+. The molecule has 19 heteroatoms. The number of hydrogen-bond donors (Lipinski definition) is 2. The van der Waals surface area contributed by atoms with E-state index >= 15 is 4.39 Å². The summed E-state index contributed by atoms with van der Waals surface area (Å²) in [4.78, 5) is 42.5. The molecule has 2 aliphatic rings. The van der Waals surface area contributed by atoms with Crippen LogP contribution in [0.25, 0.3) is 17.0 Å². The van der Waals surface area contributed by atoms with Crippen LogP contribution in [0.5, 0.6) is 0 Å². The maximum Gasteiger partial charge on any atom is 0.416 e. The molecule has 0 spiro atoms. The van der Waals surface area contributed by atoms with E-state index in [1.807, 2.05) is 41.0 Å². The highest BCUT2D eigenvalue weighted by Gasteiger charge is 2.49. The number of benzene rings is 2. The predicted molar refractivity (Wildman–Crippen MR) is 209 cm³/mol. The van der Waals surface area contributed by atoms with Gasteiger partial charge in [-0.15, -0.1) is 5.06 Å². The molecule has 0 radical (unpaired) electrons. The fourth-order valence-corrected chi connectivity index (χ4v) is 8.82. The van der Waals surface area contributed by atoms with Crippen molar-refractivity contribution in [3.8, 4) is 0 Å². The summed E-state index contributed by atoms with van der Waals surface area (Å²) in [5.74, 6) is -4.20. The van der Waals surface area contributed by atoms with E-state index in [1.54, 1.807) is 25.2 Å². The number of aromatic nitrogens is 1. The lowest BCUT2D eigenvalue weighted by molar-refractivity contribution is -0.673. The van der Waals surface area contributed by atoms with Gasteiger partial charge < -0.3 is 9.74 Å². The first-order valence-corrected chi connectivity index (χ1v) is 22.4. The molecule has 1 aromatic heterocycles. The molecule has 0 bridgehead atoms. The number of halogens is 4. The van der Waals surface area contributed by atoms with E-state index in [1.165, 1.54) is 4.90 Å². The Labute approximate surface area is 339 Å². The predicted octanol–water partition coefficient (Wildman–Crippen LogP) is 6.85. The van der Waals surface area contributed by atoms with E-state index in [9.17, 15) is 53.5 Å². The van der Waals surface area contributed by atoms with E-state index in [4.69, 9.17) is 4.84 Å². The highest BCUT2D eigenvalue weighted by atomic mass is 32.2. The van der Waals surface area contributed by atoms with E-state index in [2.05, 4.69) is 0 Å². The monoisotopic (exact) mass is 868 g/mol. The minimum Gasteiger partial charge on any atom is -0.344 e. The van der Waals surface area contributed by atoms with E-state index < -0.39 is 72.5 Å². The largest absolute Gasteiger partial charge is 0.416 e. The number of aryl methyl sites for hydroxylation is 1. The number of hydrogen-bond acceptors (Lipinski definition) is 9. The van der Waals surface area contributed by atoms with Crippen LogP contribution in [0.1, 0.15) is 94.4 Å². The average Bonchev–Trinajstić information content (AvgIpc) is 3.57. The molecule has 59 heavy (non-hydrogen) atoms. The smallest absolute Gasteiger partial charge is 0.344 e. The second kappa shape index (κ2) is 18.7. The summed E-state index contributed by atoms with van der Waals surface area (Å²) >= 11 is 0. The van der Waals surface area contributed by atoms with Crippen molar-refractivity contribution in [2.45, 2.75) is 95.7 Å². The number of fused-ring (bicyclic) bond motifs is 2. The molecule has 320 valence electrons. The van der Waals surface area contributed by atoms with Crippen LogP contribution < -0.4 is 9.47 Å². The van der Waals surface area contributed by atoms with E-state index in [-0.39, 0.29) is 75.6 Å². The zero-order valence-corrected chi connectivity index (χ0v) is 33.9. The van der Waals surface area contributed by atoms with Gasteiger partial charge >= 0.3 is 12.1 Å². The van der Waals surface area contributed by atoms with Gasteiger partial charge in [-0.3, -0.25) is 18.7 Å². The van der Waals surface area contributed by atoms with Crippen molar-refractivity contribution < 1.29 is 67.3 Å². The first kappa shape index (κ1) is 45.4. The third kappa shape index (κ3) is 11.7. The number of carbonyl (C=O) groups excluding carboxylic acids is 3. The van der Waals surface area contributed by atoms with Gasteiger partial charge in [0.25, 0.3) is 32.1 Å². The van der Waals surface area contributed by atoms with Gasteiger partial charge in [0, 0.05) is 72.6 Å². The van der Waals surface area contributed by atoms with Crippen molar-refractivity contribution in [1.29, 1.82) is 0 Å². The lowest BCUT2D eigenvalue weighted by Gasteiger charge is -2.31. The topological polar surface area (TPSA) is 180 Å². The van der Waals surface area contributed by atoms with Crippen LogP contribution in [0.15, 0.2) is 66.4 Å². The summed E-state index contributed by atoms with van der Waals surface area (Å²) in [6.07, 6.45) is 1.30. The first-order valence-electron chi connectivity index (χ1n) is 19.1. The number of amides is 2. The van der Waals surface area contributed by atoms with Crippen LogP contribution in [-0.4, -0.2) is 66.8 Å². The highest BCUT2D eigenvalue weighted by Crippen LogP contribution is 2.55. The number of unbranched alkanes of at least 4 members (excludes halogenated alkanes) is 4. The number of pyridine rings is 1. The molecule has 3 aromatic rings. The molecule has 2 N–H and O–H groups in total. The van der Waals surface area contributed by atoms with Crippen LogP contribution in [0.2, 0.25) is 0 Å². The number of alkyl halides is 3. The SMILES string of the molecule is CC1(CCCCCC(=O)ON2C(=O)CCC2=O)C(=CC=Cc2ccc3ccccc3[n+]2CCCCS(=O)(=O)O)N(CCCCS(=O)(=O)O)c2cc(F)cc(C(F)(F)F)c21. The quantitative estimate of drug-likeness (QED) is 0.0423. The van der Waals surface area contributed by atoms with Crippen LogP contribution in [-0.2, 0) is 57.6 Å². The first-order chi connectivity index (χ1) is 27.7. The summed E-state index contributed by atoms with van der Waals surface area (Å²) in [6.45, 7) is 1.95. The lowest BCUT2D eigenvalue weighted by Crippen LogP contribution is -2.38. The molecular weight excluding hydrogens is 823 g/mol. The van der Waals surface area contributed by atoms with Gasteiger partial charge in [0.2, 0.25) is 11.2 Å². The Morgan fingerprint density at radius 1 is 0.898 bits per heavy atom. The molecule has 3 heterocycles. The van der Waals surface area contributed by atoms with Crippen molar-refractivity contribution in [3.63, 3.8) is 0 Å². The summed E-state index contributed by atoms with van der Waals surface area (Å²) in [5.41, 5.74) is -0.953. The Morgan fingerprint density at radius 2 is 1.56 bits per heavy atom. The molecule has 1 unspecified atom stereocenters. The van der Waals surface area contributed by atoms with E-state index in [0.29, 0.717) is 41.9 Å². The van der Waals surface area contributed by atoms with E-state index in [0.717, 1.165) is 17.0 Å². The Morgan fingerprint density at radius 3 is 2.22 bits per heavy atom. The summed E-state index contributed by atoms with van der Waals surface area (Å²) < 4.78 is 126. The molecule has 13 nitrogen and oxygen atoms in total. The summed E-state index contributed by atoms with van der Waals surface area (Å²) in [7, 11) is -8.50. The number of imide groups is 1. The molecule has 5 rings (SSSR count). The van der Waals surface area contributed by atoms with Crippen molar-refractivity contribution in [1.82, 2.24) is 5.06 Å². The van der Waals surface area contributed by atoms with Crippen molar-refractivity contribution in [3.05, 3.63) is 89.0 Å². The minimum absolute atomic E-state index is 0.0257. The molecule has 2 aromatic carbocycles. The third-order valence-corrected chi connectivity index (χ3v) is 12.0. The van der Waals surface area contributed by atoms with Gasteiger partial charge in [0.1, 0.15) is 12.4 Å². The number of rotatable bonds is 19. The zero-order chi connectivity index (χ0) is 43.2. The highest BCUT2D eigenvalue weighted by molar-refractivity contribution is 7.86. The molecule has 1 saturated heterocycles. The van der Waals surface area contributed by atoms with Crippen LogP contribution in [0, 0.1) is 5.82 Å². The Kier molecular flexibility index (Phi) is 14.4. The van der Waals surface area contributed by atoms with Gasteiger partial charge in [-0.1, -0.05) is 31.1 Å². The maximum absolute atomic E-state index is 15.1. The van der Waals surface area contributed by atoms with Gasteiger partial charge in [0.05, 0.1) is 17.1 Å². The summed E-state index contributed by atoms with van der Waals surface area (Å²) in [5, 5.41) is 1.33. The van der Waals surface area contributed by atoms with Crippen LogP contribution in [0.3, 0.4) is 0 Å². The summed E-state index contributed by atoms with van der Waals surface area (Å²) in [6, 6.07) is 12.6.